The molecule has 0 aliphatic heterocycles. The summed E-state index contributed by atoms with van der Waals surface area (Å²) in [5.74, 6) is -0.231. The molecular weight excluding hydrogens is 236 g/mol. The zero-order valence-corrected chi connectivity index (χ0v) is 10.4. The zero-order chi connectivity index (χ0) is 13.5. The fourth-order valence-electron chi connectivity index (χ4n) is 1.34. The van der Waals surface area contributed by atoms with E-state index in [1.54, 1.807) is 6.07 Å². The van der Waals surface area contributed by atoms with Gasteiger partial charge in [-0.15, -0.1) is 10.2 Å². The number of anilines is 1. The second-order valence-electron chi connectivity index (χ2n) is 3.74. The molecule has 0 aliphatic rings. The highest BCUT2D eigenvalue weighted by molar-refractivity contribution is 5.90. The molecule has 0 aromatic carbocycles. The lowest BCUT2D eigenvalue weighted by atomic mass is 10.3. The molecule has 0 bridgehead atoms. The number of carbonyl (C=O) groups excluding carboxylic acids is 2. The van der Waals surface area contributed by atoms with Gasteiger partial charge >= 0.3 is 5.97 Å². The Hall–Kier alpha value is -2.18. The molecule has 7 heteroatoms. The molecule has 1 aromatic heterocycles. The molecule has 18 heavy (non-hydrogen) atoms. The summed E-state index contributed by atoms with van der Waals surface area (Å²) in [7, 11) is 3.19. The molecule has 0 fully saturated rings. The summed E-state index contributed by atoms with van der Waals surface area (Å²) < 4.78 is 4.54. The molecule has 0 spiro atoms. The molecule has 98 valence electrons. The molecule has 0 saturated carbocycles. The Morgan fingerprint density at radius 3 is 2.61 bits per heavy atom. The highest BCUT2D eigenvalue weighted by Gasteiger charge is 2.07. The maximum atomic E-state index is 10.9. The molecule has 7 nitrogen and oxygen atoms in total. The van der Waals surface area contributed by atoms with Gasteiger partial charge in [0, 0.05) is 20.0 Å². The summed E-state index contributed by atoms with van der Waals surface area (Å²) in [5.41, 5.74) is 5.19. The van der Waals surface area contributed by atoms with Crippen LogP contribution >= 0.6 is 0 Å². The van der Waals surface area contributed by atoms with E-state index in [4.69, 9.17) is 5.73 Å². The van der Waals surface area contributed by atoms with Gasteiger partial charge in [-0.25, -0.2) is 0 Å². The number of aromatic nitrogens is 2. The lowest BCUT2D eigenvalue weighted by molar-refractivity contribution is -0.140. The normalized spacial score (nSPS) is 9.89. The Balaban J connectivity index is 2.48. The van der Waals surface area contributed by atoms with Gasteiger partial charge in [-0.3, -0.25) is 9.59 Å². The van der Waals surface area contributed by atoms with Crippen molar-refractivity contribution in [2.24, 2.45) is 5.73 Å². The summed E-state index contributed by atoms with van der Waals surface area (Å²) in [6, 6.07) is 3.17. The molecule has 1 aromatic rings. The van der Waals surface area contributed by atoms with Gasteiger partial charge < -0.3 is 15.4 Å². The van der Waals surface area contributed by atoms with E-state index in [1.807, 2.05) is 11.9 Å². The van der Waals surface area contributed by atoms with Crippen LogP contribution in [0.15, 0.2) is 12.1 Å². The van der Waals surface area contributed by atoms with Crippen LogP contribution < -0.4 is 10.6 Å². The van der Waals surface area contributed by atoms with Crippen LogP contribution in [0.4, 0.5) is 5.82 Å². The number of rotatable bonds is 6. The van der Waals surface area contributed by atoms with Crippen LogP contribution in [0.25, 0.3) is 0 Å². The van der Waals surface area contributed by atoms with Crippen LogP contribution in [0, 0.1) is 0 Å². The van der Waals surface area contributed by atoms with E-state index in [0.717, 1.165) is 0 Å². The number of methoxy groups -OCH3 is 1. The van der Waals surface area contributed by atoms with Crippen molar-refractivity contribution in [3.8, 4) is 0 Å². The Bertz CT molecular complexity index is 419. The van der Waals surface area contributed by atoms with Crippen molar-refractivity contribution in [2.75, 3.05) is 25.6 Å². The topological polar surface area (TPSA) is 98.4 Å². The molecule has 1 rings (SSSR count). The highest BCUT2D eigenvalue weighted by Crippen LogP contribution is 2.08. The van der Waals surface area contributed by atoms with E-state index >= 15 is 0 Å². The molecule has 0 saturated heterocycles. The van der Waals surface area contributed by atoms with Crippen LogP contribution in [0.5, 0.6) is 0 Å². The smallest absolute Gasteiger partial charge is 0.305 e. The molecule has 1 heterocycles. The number of esters is 1. The number of amides is 1. The SMILES string of the molecule is COC(=O)CCCN(C)c1ccc(C(N)=O)nn1. The van der Waals surface area contributed by atoms with E-state index in [-0.39, 0.29) is 11.7 Å². The van der Waals surface area contributed by atoms with Gasteiger partial charge in [0.05, 0.1) is 7.11 Å². The monoisotopic (exact) mass is 252 g/mol. The minimum atomic E-state index is -0.609. The van der Waals surface area contributed by atoms with Gasteiger partial charge in [-0.1, -0.05) is 0 Å². The Kier molecular flexibility index (Phi) is 5.04. The van der Waals surface area contributed by atoms with Gasteiger partial charge in [0.1, 0.15) is 0 Å². The Morgan fingerprint density at radius 1 is 1.39 bits per heavy atom. The first kappa shape index (κ1) is 13.9. The van der Waals surface area contributed by atoms with Crippen molar-refractivity contribution in [1.29, 1.82) is 0 Å². The Labute approximate surface area is 105 Å². The third-order valence-electron chi connectivity index (χ3n) is 2.40. The number of primary amides is 1. The predicted octanol–water partition coefficient (Wildman–Crippen LogP) is -0.0351. The van der Waals surface area contributed by atoms with Crippen LogP contribution in [0.3, 0.4) is 0 Å². The summed E-state index contributed by atoms with van der Waals surface area (Å²) in [6.07, 6.45) is 1.01. The maximum Gasteiger partial charge on any atom is 0.305 e. The minimum absolute atomic E-state index is 0.127. The zero-order valence-electron chi connectivity index (χ0n) is 10.4. The molecular formula is C11H16N4O3. The number of nitrogens with two attached hydrogens (primary N) is 1. The lowest BCUT2D eigenvalue weighted by Crippen LogP contribution is -2.22. The van der Waals surface area contributed by atoms with Gasteiger partial charge in [-0.2, -0.15) is 0 Å². The molecule has 2 N–H and O–H groups in total. The van der Waals surface area contributed by atoms with Crippen molar-refractivity contribution in [3.05, 3.63) is 17.8 Å². The predicted molar refractivity (Wildman–Crippen MR) is 65.1 cm³/mol. The van der Waals surface area contributed by atoms with E-state index in [1.165, 1.54) is 13.2 Å². The number of hydrogen-bond acceptors (Lipinski definition) is 6. The van der Waals surface area contributed by atoms with Gasteiger partial charge in [0.2, 0.25) is 0 Å². The van der Waals surface area contributed by atoms with Crippen molar-refractivity contribution in [3.63, 3.8) is 0 Å². The first-order valence-corrected chi connectivity index (χ1v) is 5.46. The minimum Gasteiger partial charge on any atom is -0.469 e. The average molecular weight is 252 g/mol. The average Bonchev–Trinajstić information content (AvgIpc) is 2.38. The van der Waals surface area contributed by atoms with Crippen molar-refractivity contribution in [2.45, 2.75) is 12.8 Å². The van der Waals surface area contributed by atoms with E-state index in [0.29, 0.717) is 25.2 Å². The number of carbonyl (C=O) groups is 2. The molecule has 0 aliphatic carbocycles. The fraction of sp³-hybridized carbons (Fsp3) is 0.455. The fourth-order valence-corrected chi connectivity index (χ4v) is 1.34. The first-order valence-electron chi connectivity index (χ1n) is 5.46. The third-order valence-corrected chi connectivity index (χ3v) is 2.40. The Morgan fingerprint density at radius 2 is 2.11 bits per heavy atom. The van der Waals surface area contributed by atoms with Crippen LogP contribution in [-0.2, 0) is 9.53 Å². The standard InChI is InChI=1S/C11H16N4O3/c1-15(7-3-4-10(16)18-2)9-6-5-8(11(12)17)13-14-9/h5-6H,3-4,7H2,1-2H3,(H2,12,17). The van der Waals surface area contributed by atoms with E-state index < -0.39 is 5.91 Å². The first-order chi connectivity index (χ1) is 8.54. The van der Waals surface area contributed by atoms with E-state index in [9.17, 15) is 9.59 Å². The second-order valence-corrected chi connectivity index (χ2v) is 3.74. The highest BCUT2D eigenvalue weighted by atomic mass is 16.5. The molecule has 0 atom stereocenters. The summed E-state index contributed by atoms with van der Waals surface area (Å²) in [5, 5.41) is 7.58. The van der Waals surface area contributed by atoms with Gasteiger partial charge in [0.15, 0.2) is 11.5 Å². The summed E-state index contributed by atoms with van der Waals surface area (Å²) in [4.78, 5) is 23.6. The van der Waals surface area contributed by atoms with Crippen LogP contribution in [-0.4, -0.2) is 42.8 Å². The van der Waals surface area contributed by atoms with Crippen molar-refractivity contribution >= 4 is 17.7 Å². The lowest BCUT2D eigenvalue weighted by Gasteiger charge is -2.16. The second kappa shape index (κ2) is 6.53. The molecule has 0 unspecified atom stereocenters. The quantitative estimate of drug-likeness (QED) is 0.713. The number of ether oxygens (including phenoxy) is 1. The largest absolute Gasteiger partial charge is 0.469 e. The van der Waals surface area contributed by atoms with Crippen LogP contribution in [0.1, 0.15) is 23.3 Å². The van der Waals surface area contributed by atoms with Gasteiger partial charge in [0.25, 0.3) is 5.91 Å². The summed E-state index contributed by atoms with van der Waals surface area (Å²) >= 11 is 0. The van der Waals surface area contributed by atoms with Gasteiger partial charge in [-0.05, 0) is 18.6 Å². The number of hydrogen-bond donors (Lipinski definition) is 1. The van der Waals surface area contributed by atoms with Crippen LogP contribution in [0.2, 0.25) is 0 Å². The third kappa shape index (κ3) is 4.00. The summed E-state index contributed by atoms with van der Waals surface area (Å²) in [6.45, 7) is 0.639. The number of nitrogens with zero attached hydrogens (tertiary/aromatic N) is 3. The van der Waals surface area contributed by atoms with E-state index in [2.05, 4.69) is 14.9 Å². The maximum absolute atomic E-state index is 10.9. The molecule has 1 amide bonds. The molecule has 0 radical (unpaired) electrons. The van der Waals surface area contributed by atoms with Crippen molar-refractivity contribution < 1.29 is 14.3 Å². The van der Waals surface area contributed by atoms with Crippen molar-refractivity contribution in [1.82, 2.24) is 10.2 Å².